The third-order valence-corrected chi connectivity index (χ3v) is 6.28. The second-order valence-electron chi connectivity index (χ2n) is 6.78. The van der Waals surface area contributed by atoms with E-state index in [1.165, 1.54) is 36.4 Å². The van der Waals surface area contributed by atoms with Crippen LogP contribution in [0.15, 0.2) is 71.6 Å². The number of carbonyl (C=O) groups excluding carboxylic acids is 2. The number of amides is 2. The molecule has 0 radical (unpaired) electrons. The molecule has 0 aliphatic heterocycles. The maximum absolute atomic E-state index is 13.0. The lowest BCUT2D eigenvalue weighted by Crippen LogP contribution is -2.33. The highest BCUT2D eigenvalue weighted by atomic mass is 35.5. The Morgan fingerprint density at radius 1 is 0.969 bits per heavy atom. The normalized spacial score (nSPS) is 11.0. The Kier molecular flexibility index (Phi) is 7.12. The molecule has 0 unspecified atom stereocenters. The van der Waals surface area contributed by atoms with Crippen molar-refractivity contribution in [3.63, 3.8) is 0 Å². The van der Waals surface area contributed by atoms with E-state index in [-0.39, 0.29) is 22.7 Å². The lowest BCUT2D eigenvalue weighted by molar-refractivity contribution is -0.115. The van der Waals surface area contributed by atoms with Crippen molar-refractivity contribution in [2.75, 3.05) is 16.6 Å². The number of nitrogens with one attached hydrogen (secondary N) is 3. The number of benzene rings is 3. The molecule has 0 aromatic heterocycles. The van der Waals surface area contributed by atoms with Gasteiger partial charge in [0.2, 0.25) is 5.91 Å². The highest BCUT2D eigenvalue weighted by molar-refractivity contribution is 7.92. The maximum atomic E-state index is 13.0. The van der Waals surface area contributed by atoms with Gasteiger partial charge in [0, 0.05) is 22.0 Å². The second-order valence-corrected chi connectivity index (χ2v) is 8.87. The van der Waals surface area contributed by atoms with Crippen molar-refractivity contribution in [3.8, 4) is 0 Å². The zero-order valence-electron chi connectivity index (χ0n) is 16.9. The molecule has 10 heteroatoms. The van der Waals surface area contributed by atoms with E-state index < -0.39 is 27.7 Å². The summed E-state index contributed by atoms with van der Waals surface area (Å²) in [5, 5.41) is 5.65. The minimum atomic E-state index is -3.92. The Balaban J connectivity index is 1.59. The average molecular weight is 476 g/mol. The van der Waals surface area contributed by atoms with Gasteiger partial charge in [-0.2, -0.15) is 0 Å². The highest BCUT2D eigenvalue weighted by Gasteiger charge is 2.16. The molecule has 32 heavy (non-hydrogen) atoms. The van der Waals surface area contributed by atoms with E-state index in [0.717, 1.165) is 12.1 Å². The first-order valence-electron chi connectivity index (χ1n) is 9.37. The van der Waals surface area contributed by atoms with Crippen LogP contribution in [0.2, 0.25) is 5.02 Å². The Hall–Kier alpha value is -3.43. The molecule has 3 rings (SSSR count). The largest absolute Gasteiger partial charge is 0.343 e. The Morgan fingerprint density at radius 3 is 2.28 bits per heavy atom. The van der Waals surface area contributed by atoms with Crippen LogP contribution in [-0.4, -0.2) is 26.8 Å². The molecule has 0 saturated carbocycles. The number of hydrogen-bond acceptors (Lipinski definition) is 4. The summed E-state index contributed by atoms with van der Waals surface area (Å²) in [4.78, 5) is 24.3. The maximum Gasteiger partial charge on any atom is 0.261 e. The van der Waals surface area contributed by atoms with Crippen molar-refractivity contribution < 1.29 is 22.4 Å². The van der Waals surface area contributed by atoms with Gasteiger partial charge in [-0.15, -0.1) is 0 Å². The molecule has 2 amide bonds. The summed E-state index contributed by atoms with van der Waals surface area (Å²) in [5.74, 6) is -1.47. The first kappa shape index (κ1) is 23.2. The third-order valence-electron chi connectivity index (χ3n) is 4.47. The molecule has 0 aliphatic rings. The molecular weight excluding hydrogens is 457 g/mol. The van der Waals surface area contributed by atoms with Crippen LogP contribution in [-0.2, 0) is 14.8 Å². The number of halogens is 2. The molecule has 0 saturated heterocycles. The summed E-state index contributed by atoms with van der Waals surface area (Å²) < 4.78 is 40.2. The van der Waals surface area contributed by atoms with E-state index in [4.69, 9.17) is 11.6 Å². The first-order chi connectivity index (χ1) is 15.2. The molecule has 166 valence electrons. The Bertz CT molecular complexity index is 1250. The van der Waals surface area contributed by atoms with Gasteiger partial charge < -0.3 is 10.6 Å². The standard InChI is InChI=1S/C22H19ClFN3O4S/c1-14-19(23)3-2-4-20(14)26-21(28)13-25-22(29)15-5-11-18(12-6-15)32(30,31)27-17-9-7-16(24)8-10-17/h2-12,27H,13H2,1H3,(H,25,29)(H,26,28). The van der Waals surface area contributed by atoms with Gasteiger partial charge in [0.1, 0.15) is 5.82 Å². The molecular formula is C22H19ClFN3O4S. The van der Waals surface area contributed by atoms with Crippen molar-refractivity contribution in [1.82, 2.24) is 5.32 Å². The van der Waals surface area contributed by atoms with Crippen molar-refractivity contribution >= 4 is 44.8 Å². The van der Waals surface area contributed by atoms with Crippen LogP contribution in [0, 0.1) is 12.7 Å². The molecule has 0 spiro atoms. The molecule has 3 aromatic rings. The molecule has 0 heterocycles. The van der Waals surface area contributed by atoms with Crippen LogP contribution < -0.4 is 15.4 Å². The van der Waals surface area contributed by atoms with Gasteiger partial charge in [0.25, 0.3) is 15.9 Å². The predicted molar refractivity (Wildman–Crippen MR) is 121 cm³/mol. The van der Waals surface area contributed by atoms with Crippen LogP contribution in [0.1, 0.15) is 15.9 Å². The monoisotopic (exact) mass is 475 g/mol. The van der Waals surface area contributed by atoms with Crippen LogP contribution in [0.3, 0.4) is 0 Å². The van der Waals surface area contributed by atoms with Gasteiger partial charge in [0.15, 0.2) is 0 Å². The van der Waals surface area contributed by atoms with Crippen LogP contribution in [0.5, 0.6) is 0 Å². The van der Waals surface area contributed by atoms with E-state index in [0.29, 0.717) is 16.3 Å². The lowest BCUT2D eigenvalue weighted by Gasteiger charge is -2.11. The van der Waals surface area contributed by atoms with Crippen LogP contribution in [0.4, 0.5) is 15.8 Å². The summed E-state index contributed by atoms with van der Waals surface area (Å²) in [5.41, 5.74) is 1.63. The number of anilines is 2. The van der Waals surface area contributed by atoms with E-state index >= 15 is 0 Å². The second kappa shape index (κ2) is 9.80. The number of hydrogen-bond donors (Lipinski definition) is 3. The topological polar surface area (TPSA) is 104 Å². The molecule has 0 bridgehead atoms. The lowest BCUT2D eigenvalue weighted by atomic mass is 10.2. The van der Waals surface area contributed by atoms with Gasteiger partial charge >= 0.3 is 0 Å². The van der Waals surface area contributed by atoms with Crippen LogP contribution in [0.25, 0.3) is 0 Å². The summed E-state index contributed by atoms with van der Waals surface area (Å²) in [7, 11) is -3.92. The van der Waals surface area contributed by atoms with Crippen molar-refractivity contribution in [2.45, 2.75) is 11.8 Å². The van der Waals surface area contributed by atoms with E-state index in [2.05, 4.69) is 15.4 Å². The molecule has 3 N–H and O–H groups in total. The summed E-state index contributed by atoms with van der Waals surface area (Å²) in [6.45, 7) is 1.48. The number of rotatable bonds is 7. The van der Waals surface area contributed by atoms with Gasteiger partial charge in [-0.1, -0.05) is 17.7 Å². The zero-order chi connectivity index (χ0) is 23.3. The van der Waals surface area contributed by atoms with Crippen molar-refractivity contribution in [3.05, 3.63) is 88.7 Å². The molecule has 0 aliphatic carbocycles. The van der Waals surface area contributed by atoms with Gasteiger partial charge in [-0.05, 0) is 73.2 Å². The smallest absolute Gasteiger partial charge is 0.261 e. The number of carbonyl (C=O) groups is 2. The SMILES string of the molecule is Cc1c(Cl)cccc1NC(=O)CNC(=O)c1ccc(S(=O)(=O)Nc2ccc(F)cc2)cc1. The fourth-order valence-corrected chi connectivity index (χ4v) is 3.95. The van der Waals surface area contributed by atoms with Gasteiger partial charge in [-0.3, -0.25) is 14.3 Å². The fraction of sp³-hybridized carbons (Fsp3) is 0.0909. The fourth-order valence-electron chi connectivity index (χ4n) is 2.72. The molecule has 0 atom stereocenters. The molecule has 0 fully saturated rings. The molecule has 7 nitrogen and oxygen atoms in total. The summed E-state index contributed by atoms with van der Waals surface area (Å²) in [6.07, 6.45) is 0. The summed E-state index contributed by atoms with van der Waals surface area (Å²) >= 11 is 6.02. The van der Waals surface area contributed by atoms with E-state index in [1.54, 1.807) is 25.1 Å². The zero-order valence-corrected chi connectivity index (χ0v) is 18.4. The minimum Gasteiger partial charge on any atom is -0.343 e. The van der Waals surface area contributed by atoms with Crippen molar-refractivity contribution in [1.29, 1.82) is 0 Å². The third kappa shape index (κ3) is 5.83. The summed E-state index contributed by atoms with van der Waals surface area (Å²) in [6, 6.07) is 15.1. The first-order valence-corrected chi connectivity index (χ1v) is 11.2. The molecule has 3 aromatic carbocycles. The average Bonchev–Trinajstić information content (AvgIpc) is 2.77. The Morgan fingerprint density at radius 2 is 1.62 bits per heavy atom. The quantitative estimate of drug-likeness (QED) is 0.481. The Labute approximate surface area is 189 Å². The highest BCUT2D eigenvalue weighted by Crippen LogP contribution is 2.22. The minimum absolute atomic E-state index is 0.0763. The van der Waals surface area contributed by atoms with Crippen LogP contribution >= 0.6 is 11.6 Å². The van der Waals surface area contributed by atoms with E-state index in [9.17, 15) is 22.4 Å². The van der Waals surface area contributed by atoms with Gasteiger partial charge in [0.05, 0.1) is 11.4 Å². The van der Waals surface area contributed by atoms with E-state index in [1.807, 2.05) is 0 Å². The van der Waals surface area contributed by atoms with Crippen molar-refractivity contribution in [2.24, 2.45) is 0 Å². The van der Waals surface area contributed by atoms with Gasteiger partial charge in [-0.25, -0.2) is 12.8 Å². The predicted octanol–water partition coefficient (Wildman–Crippen LogP) is 3.96. The number of sulfonamides is 1.